The van der Waals surface area contributed by atoms with Crippen molar-refractivity contribution in [3.63, 3.8) is 0 Å². The van der Waals surface area contributed by atoms with E-state index in [0.29, 0.717) is 5.92 Å². The fourth-order valence-corrected chi connectivity index (χ4v) is 4.74. The number of aryl methyl sites for hydroxylation is 3. The van der Waals surface area contributed by atoms with E-state index in [4.69, 9.17) is 0 Å². The van der Waals surface area contributed by atoms with Crippen LogP contribution in [0.2, 0.25) is 0 Å². The van der Waals surface area contributed by atoms with Crippen molar-refractivity contribution in [2.45, 2.75) is 33.6 Å². The highest BCUT2D eigenvalue weighted by Gasteiger charge is 2.29. The summed E-state index contributed by atoms with van der Waals surface area (Å²) in [6.45, 7) is 8.86. The molecule has 164 valence electrons. The van der Waals surface area contributed by atoms with Gasteiger partial charge in [-0.15, -0.1) is 0 Å². The summed E-state index contributed by atoms with van der Waals surface area (Å²) in [6.07, 6.45) is 3.85. The van der Waals surface area contributed by atoms with Crippen molar-refractivity contribution in [3.8, 4) is 28.2 Å². The van der Waals surface area contributed by atoms with Crippen molar-refractivity contribution in [1.29, 1.82) is 0 Å². The third-order valence-electron chi connectivity index (χ3n) is 6.54. The summed E-state index contributed by atoms with van der Waals surface area (Å²) in [7, 11) is 2.16. The van der Waals surface area contributed by atoms with Gasteiger partial charge in [-0.1, -0.05) is 56.3 Å². The molecule has 0 saturated carbocycles. The molecule has 2 aromatic heterocycles. The van der Waals surface area contributed by atoms with Crippen molar-refractivity contribution >= 4 is 11.0 Å². The van der Waals surface area contributed by atoms with Gasteiger partial charge in [-0.25, -0.2) is 4.57 Å². The summed E-state index contributed by atoms with van der Waals surface area (Å²) in [5.41, 5.74) is 11.1. The molecule has 0 fully saturated rings. The number of rotatable bonds is 4. The third kappa shape index (κ3) is 3.64. The second-order valence-electron chi connectivity index (χ2n) is 9.20. The number of hydrogen-bond acceptors (Lipinski definition) is 1. The maximum absolute atomic E-state index is 4.47. The van der Waals surface area contributed by atoms with E-state index in [1.807, 2.05) is 12.4 Å². The molecule has 5 aromatic rings. The molecule has 0 aliphatic rings. The standard InChI is InChI=1S/C30H30N3/c1-20(2)25-18-24(23-9-7-6-8-10-23)12-14-27(25)33-28-13-11-21(3)17-29(28)32(5)30(33)26-19-31-16-15-22(26)4/h6-20H,1-5H3/q+1. The lowest BCUT2D eigenvalue weighted by Gasteiger charge is -2.15. The molecule has 0 spiro atoms. The van der Waals surface area contributed by atoms with Crippen LogP contribution < -0.4 is 4.57 Å². The van der Waals surface area contributed by atoms with Crippen LogP contribution >= 0.6 is 0 Å². The summed E-state index contributed by atoms with van der Waals surface area (Å²) in [4.78, 5) is 4.47. The van der Waals surface area contributed by atoms with E-state index in [9.17, 15) is 0 Å². The lowest BCUT2D eigenvalue weighted by atomic mass is 9.95. The van der Waals surface area contributed by atoms with E-state index in [-0.39, 0.29) is 0 Å². The molecular formula is C30H30N3+. The highest BCUT2D eigenvalue weighted by molar-refractivity contribution is 5.78. The minimum Gasteiger partial charge on any atom is -0.264 e. The number of benzene rings is 3. The first kappa shape index (κ1) is 21.1. The monoisotopic (exact) mass is 432 g/mol. The van der Waals surface area contributed by atoms with Gasteiger partial charge in [0.1, 0.15) is 5.69 Å². The van der Waals surface area contributed by atoms with Crippen molar-refractivity contribution in [3.05, 3.63) is 102 Å². The Morgan fingerprint density at radius 3 is 2.36 bits per heavy atom. The number of fused-ring (bicyclic) bond motifs is 1. The second-order valence-corrected chi connectivity index (χ2v) is 9.20. The third-order valence-corrected chi connectivity index (χ3v) is 6.54. The van der Waals surface area contributed by atoms with E-state index in [2.05, 4.69) is 122 Å². The second kappa shape index (κ2) is 8.32. The van der Waals surface area contributed by atoms with Gasteiger partial charge in [-0.3, -0.25) is 4.98 Å². The Bertz CT molecular complexity index is 1460. The van der Waals surface area contributed by atoms with Gasteiger partial charge < -0.3 is 0 Å². The van der Waals surface area contributed by atoms with Gasteiger partial charge in [-0.2, -0.15) is 4.57 Å². The molecule has 0 amide bonds. The van der Waals surface area contributed by atoms with Crippen molar-refractivity contribution in [2.24, 2.45) is 7.05 Å². The zero-order valence-electron chi connectivity index (χ0n) is 20.0. The summed E-state index contributed by atoms with van der Waals surface area (Å²) < 4.78 is 4.73. The Hall–Kier alpha value is -3.72. The van der Waals surface area contributed by atoms with Crippen LogP contribution in [0, 0.1) is 13.8 Å². The fourth-order valence-electron chi connectivity index (χ4n) is 4.74. The molecule has 0 saturated heterocycles. The van der Waals surface area contributed by atoms with Crippen LogP contribution in [-0.4, -0.2) is 9.55 Å². The van der Waals surface area contributed by atoms with E-state index >= 15 is 0 Å². The quantitative estimate of drug-likeness (QED) is 0.282. The first-order valence-electron chi connectivity index (χ1n) is 11.6. The Labute approximate surface area is 196 Å². The van der Waals surface area contributed by atoms with Gasteiger partial charge in [0, 0.05) is 18.0 Å². The molecule has 0 N–H and O–H groups in total. The van der Waals surface area contributed by atoms with Crippen LogP contribution in [-0.2, 0) is 7.05 Å². The van der Waals surface area contributed by atoms with Gasteiger partial charge in [0.05, 0.1) is 12.6 Å². The largest absolute Gasteiger partial charge is 0.296 e. The number of nitrogens with zero attached hydrogens (tertiary/aromatic N) is 3. The molecule has 0 aliphatic carbocycles. The van der Waals surface area contributed by atoms with Crippen molar-refractivity contribution in [2.75, 3.05) is 0 Å². The van der Waals surface area contributed by atoms with Crippen LogP contribution in [0.4, 0.5) is 0 Å². The van der Waals surface area contributed by atoms with E-state index < -0.39 is 0 Å². The normalized spacial score (nSPS) is 11.5. The van der Waals surface area contributed by atoms with E-state index in [1.165, 1.54) is 44.5 Å². The van der Waals surface area contributed by atoms with Crippen LogP contribution in [0.1, 0.15) is 36.5 Å². The predicted octanol–water partition coefficient (Wildman–Crippen LogP) is 6.92. The molecule has 0 radical (unpaired) electrons. The number of aromatic nitrogens is 3. The molecule has 5 rings (SSSR count). The molecule has 3 nitrogen and oxygen atoms in total. The molecular weight excluding hydrogens is 402 g/mol. The van der Waals surface area contributed by atoms with Crippen LogP contribution in [0.3, 0.4) is 0 Å². The topological polar surface area (TPSA) is 21.7 Å². The van der Waals surface area contributed by atoms with Gasteiger partial charge >= 0.3 is 0 Å². The SMILES string of the molecule is Cc1ccc2c(c1)n(C)c(-c1cnccc1C)[n+]2-c1ccc(-c2ccccc2)cc1C(C)C. The van der Waals surface area contributed by atoms with Gasteiger partial charge in [0.2, 0.25) is 0 Å². The average Bonchev–Trinajstić information content (AvgIpc) is 3.11. The minimum absolute atomic E-state index is 0.375. The summed E-state index contributed by atoms with van der Waals surface area (Å²) in [5.74, 6) is 1.52. The zero-order valence-corrected chi connectivity index (χ0v) is 20.0. The Morgan fingerprint density at radius 1 is 0.848 bits per heavy atom. The summed E-state index contributed by atoms with van der Waals surface area (Å²) >= 11 is 0. The maximum atomic E-state index is 4.47. The lowest BCUT2D eigenvalue weighted by Crippen LogP contribution is -2.34. The summed E-state index contributed by atoms with van der Waals surface area (Å²) in [6, 6.07) is 26.3. The zero-order chi connectivity index (χ0) is 23.1. The molecule has 3 heteroatoms. The molecule has 0 atom stereocenters. The number of pyridine rings is 1. The van der Waals surface area contributed by atoms with Gasteiger partial charge in [-0.05, 0) is 72.4 Å². The minimum atomic E-state index is 0.375. The molecule has 33 heavy (non-hydrogen) atoms. The molecule has 0 bridgehead atoms. The molecule has 0 unspecified atom stereocenters. The maximum Gasteiger partial charge on any atom is 0.296 e. The predicted molar refractivity (Wildman–Crippen MR) is 137 cm³/mol. The van der Waals surface area contributed by atoms with Crippen LogP contribution in [0.5, 0.6) is 0 Å². The Kier molecular flexibility index (Phi) is 5.33. The van der Waals surface area contributed by atoms with Gasteiger partial charge in [0.15, 0.2) is 11.0 Å². The first-order chi connectivity index (χ1) is 16.0. The lowest BCUT2D eigenvalue weighted by molar-refractivity contribution is -0.556. The van der Waals surface area contributed by atoms with Gasteiger partial charge in [0.25, 0.3) is 5.82 Å². The Balaban J connectivity index is 1.85. The molecule has 2 heterocycles. The summed E-state index contributed by atoms with van der Waals surface area (Å²) in [5, 5.41) is 0. The first-order valence-corrected chi connectivity index (χ1v) is 11.6. The average molecular weight is 433 g/mol. The van der Waals surface area contributed by atoms with Crippen molar-refractivity contribution in [1.82, 2.24) is 9.55 Å². The fraction of sp³-hybridized carbons (Fsp3) is 0.200. The smallest absolute Gasteiger partial charge is 0.264 e. The number of hydrogen-bond donors (Lipinski definition) is 0. The van der Waals surface area contributed by atoms with Crippen molar-refractivity contribution < 1.29 is 4.57 Å². The molecule has 0 aliphatic heterocycles. The van der Waals surface area contributed by atoms with Crippen LogP contribution in [0.15, 0.2) is 85.2 Å². The highest BCUT2D eigenvalue weighted by atomic mass is 15.2. The highest BCUT2D eigenvalue weighted by Crippen LogP contribution is 2.32. The molecule has 3 aromatic carbocycles. The van der Waals surface area contributed by atoms with E-state index in [0.717, 1.165) is 11.4 Å². The number of imidazole rings is 1. The Morgan fingerprint density at radius 2 is 1.64 bits per heavy atom. The van der Waals surface area contributed by atoms with Crippen LogP contribution in [0.25, 0.3) is 39.2 Å². The van der Waals surface area contributed by atoms with E-state index in [1.54, 1.807) is 0 Å².